The molecule has 0 aliphatic rings. The zero-order valence-electron chi connectivity index (χ0n) is 10.1. The number of nitrogens with zero attached hydrogens (tertiary/aromatic N) is 3. The summed E-state index contributed by atoms with van der Waals surface area (Å²) in [5.41, 5.74) is 0.396. The third kappa shape index (κ3) is 2.28. The average Bonchev–Trinajstić information content (AvgIpc) is 2.33. The van der Waals surface area contributed by atoms with Crippen molar-refractivity contribution in [3.8, 4) is 0 Å². The summed E-state index contributed by atoms with van der Waals surface area (Å²) >= 11 is 3.34. The number of hydrogen-bond donors (Lipinski definition) is 0. The summed E-state index contributed by atoms with van der Waals surface area (Å²) < 4.78 is 2.08. The fraction of sp³-hybridized carbons (Fsp3) is 0.250. The molecule has 0 saturated carbocycles. The Kier molecular flexibility index (Phi) is 3.47. The van der Waals surface area contributed by atoms with Crippen LogP contribution in [0.4, 0.5) is 0 Å². The Morgan fingerprint density at radius 1 is 1.44 bits per heavy atom. The zero-order valence-corrected chi connectivity index (χ0v) is 11.6. The second-order valence-electron chi connectivity index (χ2n) is 4.10. The first-order valence-electron chi connectivity index (χ1n) is 5.34. The smallest absolute Gasteiger partial charge is 0.261 e. The molecule has 0 saturated heterocycles. The number of likely N-dealkylation sites (N-methyl/N-ethyl adjacent to an activating group) is 1. The van der Waals surface area contributed by atoms with E-state index < -0.39 is 0 Å². The van der Waals surface area contributed by atoms with Crippen molar-refractivity contribution >= 4 is 32.7 Å². The molecule has 0 fully saturated rings. The van der Waals surface area contributed by atoms with Gasteiger partial charge in [-0.25, -0.2) is 4.98 Å². The normalized spacial score (nSPS) is 10.6. The number of para-hydroxylation sites is 1. The molecular formula is C12H12BrN3O2. The van der Waals surface area contributed by atoms with E-state index in [9.17, 15) is 9.59 Å². The molecule has 0 unspecified atom stereocenters. The Balaban J connectivity index is 2.53. The van der Waals surface area contributed by atoms with Crippen LogP contribution in [0.15, 0.2) is 33.8 Å². The van der Waals surface area contributed by atoms with Crippen LogP contribution in [-0.2, 0) is 11.3 Å². The van der Waals surface area contributed by atoms with Crippen molar-refractivity contribution in [2.75, 3.05) is 14.1 Å². The van der Waals surface area contributed by atoms with Gasteiger partial charge in [-0.2, -0.15) is 0 Å². The standard InChI is InChI=1S/C12H12BrN3O2/c1-15(2)10(17)6-16-7-14-11-8(12(16)18)4-3-5-9(11)13/h3-5,7H,6H2,1-2H3. The Hall–Kier alpha value is -1.69. The number of benzene rings is 1. The molecule has 5 nitrogen and oxygen atoms in total. The number of amides is 1. The van der Waals surface area contributed by atoms with Crippen LogP contribution in [0.25, 0.3) is 10.9 Å². The van der Waals surface area contributed by atoms with Crippen LogP contribution in [0.3, 0.4) is 0 Å². The third-order valence-corrected chi connectivity index (χ3v) is 3.25. The lowest BCUT2D eigenvalue weighted by Gasteiger charge is -2.11. The van der Waals surface area contributed by atoms with Crippen molar-refractivity contribution in [3.63, 3.8) is 0 Å². The van der Waals surface area contributed by atoms with Gasteiger partial charge in [0.1, 0.15) is 6.54 Å². The summed E-state index contributed by atoms with van der Waals surface area (Å²) in [6, 6.07) is 5.30. The maximum absolute atomic E-state index is 12.2. The molecule has 0 atom stereocenters. The molecular weight excluding hydrogens is 298 g/mol. The molecule has 0 aliphatic carbocycles. The summed E-state index contributed by atoms with van der Waals surface area (Å²) in [5, 5.41) is 0.499. The van der Waals surface area contributed by atoms with Crippen molar-refractivity contribution < 1.29 is 4.79 Å². The lowest BCUT2D eigenvalue weighted by molar-refractivity contribution is -0.129. The van der Waals surface area contributed by atoms with Crippen molar-refractivity contribution in [1.29, 1.82) is 0 Å². The lowest BCUT2D eigenvalue weighted by atomic mass is 10.2. The molecule has 0 radical (unpaired) electrons. The van der Waals surface area contributed by atoms with Crippen molar-refractivity contribution in [1.82, 2.24) is 14.5 Å². The van der Waals surface area contributed by atoms with E-state index >= 15 is 0 Å². The van der Waals surface area contributed by atoms with Gasteiger partial charge in [0.25, 0.3) is 5.56 Å². The van der Waals surface area contributed by atoms with Gasteiger partial charge in [0.15, 0.2) is 0 Å². The van der Waals surface area contributed by atoms with Gasteiger partial charge in [0.2, 0.25) is 5.91 Å². The first-order valence-corrected chi connectivity index (χ1v) is 6.14. The predicted molar refractivity (Wildman–Crippen MR) is 72.4 cm³/mol. The van der Waals surface area contributed by atoms with E-state index in [2.05, 4.69) is 20.9 Å². The van der Waals surface area contributed by atoms with Gasteiger partial charge in [-0.15, -0.1) is 0 Å². The van der Waals surface area contributed by atoms with Crippen LogP contribution in [0.5, 0.6) is 0 Å². The van der Waals surface area contributed by atoms with E-state index in [0.29, 0.717) is 10.9 Å². The minimum Gasteiger partial charge on any atom is -0.347 e. The van der Waals surface area contributed by atoms with Gasteiger partial charge in [-0.05, 0) is 28.1 Å². The number of carbonyl (C=O) groups excluding carboxylic acids is 1. The minimum absolute atomic E-state index is 0.00128. The second kappa shape index (κ2) is 4.89. The highest BCUT2D eigenvalue weighted by Gasteiger charge is 2.10. The van der Waals surface area contributed by atoms with E-state index in [-0.39, 0.29) is 18.0 Å². The molecule has 0 spiro atoms. The van der Waals surface area contributed by atoms with Crippen LogP contribution in [0.1, 0.15) is 0 Å². The Labute approximate surface area is 112 Å². The Morgan fingerprint density at radius 2 is 2.17 bits per heavy atom. The fourth-order valence-electron chi connectivity index (χ4n) is 1.55. The molecule has 0 bridgehead atoms. The minimum atomic E-state index is -0.212. The van der Waals surface area contributed by atoms with Crippen LogP contribution in [0, 0.1) is 0 Å². The number of fused-ring (bicyclic) bond motifs is 1. The van der Waals surface area contributed by atoms with Crippen LogP contribution < -0.4 is 5.56 Å². The van der Waals surface area contributed by atoms with Crippen LogP contribution in [0.2, 0.25) is 0 Å². The largest absolute Gasteiger partial charge is 0.347 e. The number of carbonyl (C=O) groups is 1. The molecule has 94 valence electrons. The summed E-state index contributed by atoms with van der Waals surface area (Å²) in [7, 11) is 3.30. The van der Waals surface area contributed by atoms with Gasteiger partial charge in [0.05, 0.1) is 17.2 Å². The molecule has 1 heterocycles. The molecule has 0 aliphatic heterocycles. The molecule has 6 heteroatoms. The van der Waals surface area contributed by atoms with E-state index in [4.69, 9.17) is 0 Å². The van der Waals surface area contributed by atoms with Gasteiger partial charge >= 0.3 is 0 Å². The monoisotopic (exact) mass is 309 g/mol. The first kappa shape index (κ1) is 12.8. The van der Waals surface area contributed by atoms with Crippen molar-refractivity contribution in [3.05, 3.63) is 39.4 Å². The van der Waals surface area contributed by atoms with Gasteiger partial charge in [-0.3, -0.25) is 14.2 Å². The molecule has 1 amide bonds. The van der Waals surface area contributed by atoms with E-state index in [1.165, 1.54) is 15.8 Å². The second-order valence-corrected chi connectivity index (χ2v) is 4.96. The summed E-state index contributed by atoms with van der Waals surface area (Å²) in [6.45, 7) is 0.00128. The van der Waals surface area contributed by atoms with Crippen molar-refractivity contribution in [2.45, 2.75) is 6.54 Å². The summed E-state index contributed by atoms with van der Waals surface area (Å²) in [6.07, 6.45) is 1.40. The van der Waals surface area contributed by atoms with Gasteiger partial charge < -0.3 is 4.90 Å². The van der Waals surface area contributed by atoms with Crippen LogP contribution in [-0.4, -0.2) is 34.5 Å². The average molecular weight is 310 g/mol. The maximum Gasteiger partial charge on any atom is 0.261 e. The number of halogens is 1. The quantitative estimate of drug-likeness (QED) is 0.839. The number of rotatable bonds is 2. The Morgan fingerprint density at radius 3 is 2.83 bits per heavy atom. The molecule has 1 aromatic heterocycles. The molecule has 2 rings (SSSR count). The van der Waals surface area contributed by atoms with Crippen LogP contribution >= 0.6 is 15.9 Å². The fourth-order valence-corrected chi connectivity index (χ4v) is 2.02. The highest BCUT2D eigenvalue weighted by atomic mass is 79.9. The number of hydrogen-bond acceptors (Lipinski definition) is 3. The molecule has 18 heavy (non-hydrogen) atoms. The predicted octanol–water partition coefficient (Wildman–Crippen LogP) is 1.25. The third-order valence-electron chi connectivity index (χ3n) is 2.61. The van der Waals surface area contributed by atoms with Gasteiger partial charge in [-0.1, -0.05) is 6.07 Å². The highest BCUT2D eigenvalue weighted by molar-refractivity contribution is 9.10. The Bertz CT molecular complexity index is 664. The van der Waals surface area contributed by atoms with E-state index in [1.54, 1.807) is 26.2 Å². The lowest BCUT2D eigenvalue weighted by Crippen LogP contribution is -2.31. The molecule has 2 aromatic rings. The highest BCUT2D eigenvalue weighted by Crippen LogP contribution is 2.18. The summed E-state index contributed by atoms with van der Waals surface area (Å²) in [4.78, 5) is 29.4. The number of aromatic nitrogens is 2. The van der Waals surface area contributed by atoms with E-state index in [0.717, 1.165) is 4.47 Å². The molecule has 0 N–H and O–H groups in total. The summed E-state index contributed by atoms with van der Waals surface area (Å²) in [5.74, 6) is -0.145. The topological polar surface area (TPSA) is 55.2 Å². The van der Waals surface area contributed by atoms with Crippen molar-refractivity contribution in [2.24, 2.45) is 0 Å². The molecule has 1 aromatic carbocycles. The van der Waals surface area contributed by atoms with E-state index in [1.807, 2.05) is 6.07 Å². The maximum atomic E-state index is 12.2. The first-order chi connectivity index (χ1) is 8.50. The zero-order chi connectivity index (χ0) is 13.3. The SMILES string of the molecule is CN(C)C(=O)Cn1cnc2c(Br)cccc2c1=O. The van der Waals surface area contributed by atoms with Gasteiger partial charge in [0, 0.05) is 18.6 Å².